The number of aromatic nitrogens is 1. The molecule has 5 nitrogen and oxygen atoms in total. The molecule has 5 heteroatoms. The lowest BCUT2D eigenvalue weighted by molar-refractivity contribution is -0.168. The summed E-state index contributed by atoms with van der Waals surface area (Å²) in [6, 6.07) is 17.7. The van der Waals surface area contributed by atoms with Crippen LogP contribution < -0.4 is 5.32 Å². The van der Waals surface area contributed by atoms with Gasteiger partial charge >= 0.3 is 5.97 Å². The number of carbonyl (C=O) groups is 2. The number of amides is 1. The Labute approximate surface area is 299 Å². The monoisotopic (exact) mass is 674 g/mol. The van der Waals surface area contributed by atoms with Crippen molar-refractivity contribution in [3.63, 3.8) is 0 Å². The van der Waals surface area contributed by atoms with Gasteiger partial charge in [0.2, 0.25) is 5.91 Å². The third-order valence-corrected chi connectivity index (χ3v) is 16.1. The van der Waals surface area contributed by atoms with Crippen molar-refractivity contribution in [3.8, 4) is 0 Å². The Bertz CT molecular complexity index is 1890. The second-order valence-corrected chi connectivity index (χ2v) is 19.3. The number of aromatic amines is 1. The third-order valence-electron chi connectivity index (χ3n) is 16.1. The smallest absolute Gasteiger partial charge is 0.326 e. The SMILES string of the molecule is CC1(C)CC[C@]2(C(=O)N[C@@H](Cc3ccccc3)C(=O)O)CC[C@]3(C)C(=CC[C@@H]4[C@@]5(C)Cc6c([nH]c7ccccc67)C(C)(C)[C@@H]5CC[C@]43C)[C@@H]2C1. The van der Waals surface area contributed by atoms with E-state index in [0.29, 0.717) is 18.3 Å². The van der Waals surface area contributed by atoms with Gasteiger partial charge in [0.15, 0.2) is 0 Å². The molecule has 0 bridgehead atoms. The van der Waals surface area contributed by atoms with Crippen LogP contribution in [0.5, 0.6) is 0 Å². The summed E-state index contributed by atoms with van der Waals surface area (Å²) < 4.78 is 0. The number of carboxylic acids is 1. The van der Waals surface area contributed by atoms with Crippen molar-refractivity contribution in [1.29, 1.82) is 0 Å². The van der Waals surface area contributed by atoms with E-state index in [1.807, 2.05) is 30.3 Å². The summed E-state index contributed by atoms with van der Waals surface area (Å²) in [6.45, 7) is 17.6. The van der Waals surface area contributed by atoms with Crippen molar-refractivity contribution >= 4 is 22.8 Å². The minimum Gasteiger partial charge on any atom is -0.480 e. The van der Waals surface area contributed by atoms with Crippen molar-refractivity contribution < 1.29 is 14.7 Å². The molecule has 0 spiro atoms. The van der Waals surface area contributed by atoms with Crippen molar-refractivity contribution in [3.05, 3.63) is 83.1 Å². The lowest BCUT2D eigenvalue weighted by Gasteiger charge is -2.70. The van der Waals surface area contributed by atoms with Gasteiger partial charge < -0.3 is 15.4 Å². The van der Waals surface area contributed by atoms with E-state index in [4.69, 9.17) is 0 Å². The molecular formula is C45H58N2O3. The average Bonchev–Trinajstić information content (AvgIpc) is 3.44. The summed E-state index contributed by atoms with van der Waals surface area (Å²) in [5.41, 5.74) is 6.58. The Morgan fingerprint density at radius 1 is 0.880 bits per heavy atom. The molecule has 0 unspecified atom stereocenters. The number of fused-ring (bicyclic) bond motifs is 10. The lowest BCUT2D eigenvalue weighted by atomic mass is 9.33. The van der Waals surface area contributed by atoms with Crippen LogP contribution in [0.1, 0.15) is 117 Å². The Balaban J connectivity index is 1.17. The highest BCUT2D eigenvalue weighted by Gasteiger charge is 2.69. The molecule has 5 aliphatic rings. The van der Waals surface area contributed by atoms with E-state index in [1.165, 1.54) is 40.6 Å². The van der Waals surface area contributed by atoms with Crippen LogP contribution in [-0.2, 0) is 27.8 Å². The first-order valence-corrected chi connectivity index (χ1v) is 19.4. The van der Waals surface area contributed by atoms with Crippen LogP contribution >= 0.6 is 0 Å². The topological polar surface area (TPSA) is 82.2 Å². The van der Waals surface area contributed by atoms with Gasteiger partial charge in [0.25, 0.3) is 0 Å². The van der Waals surface area contributed by atoms with Gasteiger partial charge in [0.05, 0.1) is 5.41 Å². The molecule has 5 aliphatic carbocycles. The summed E-state index contributed by atoms with van der Waals surface area (Å²) in [5.74, 6) is 0.268. The molecule has 8 atom stereocenters. The highest BCUT2D eigenvalue weighted by Crippen LogP contribution is 2.75. The quantitative estimate of drug-likeness (QED) is 0.236. The minimum absolute atomic E-state index is 0.00731. The largest absolute Gasteiger partial charge is 0.480 e. The molecule has 50 heavy (non-hydrogen) atoms. The van der Waals surface area contributed by atoms with Gasteiger partial charge in [-0.3, -0.25) is 4.79 Å². The summed E-state index contributed by atoms with van der Waals surface area (Å²) in [4.78, 5) is 31.2. The van der Waals surface area contributed by atoms with E-state index in [9.17, 15) is 14.7 Å². The summed E-state index contributed by atoms with van der Waals surface area (Å²) in [5, 5.41) is 14.8. The number of para-hydroxylation sites is 1. The second-order valence-electron chi connectivity index (χ2n) is 19.3. The molecule has 3 fully saturated rings. The molecule has 8 rings (SSSR count). The van der Waals surface area contributed by atoms with E-state index in [0.717, 1.165) is 50.5 Å². The van der Waals surface area contributed by atoms with Gasteiger partial charge in [-0.15, -0.1) is 0 Å². The highest BCUT2D eigenvalue weighted by molar-refractivity contribution is 5.89. The van der Waals surface area contributed by atoms with Crippen LogP contribution in [-0.4, -0.2) is 28.0 Å². The van der Waals surface area contributed by atoms with Crippen molar-refractivity contribution in [2.75, 3.05) is 0 Å². The fraction of sp³-hybridized carbons (Fsp3) is 0.600. The van der Waals surface area contributed by atoms with E-state index in [-0.39, 0.29) is 38.9 Å². The molecule has 1 amide bonds. The number of allylic oxidation sites excluding steroid dienone is 2. The number of nitrogens with one attached hydrogen (secondary N) is 2. The van der Waals surface area contributed by atoms with Crippen LogP contribution in [0, 0.1) is 44.8 Å². The molecule has 0 aliphatic heterocycles. The van der Waals surface area contributed by atoms with Crippen molar-refractivity contribution in [1.82, 2.24) is 10.3 Å². The molecule has 2 aromatic carbocycles. The molecular weight excluding hydrogens is 617 g/mol. The first-order valence-electron chi connectivity index (χ1n) is 19.4. The van der Waals surface area contributed by atoms with Gasteiger partial charge in [-0.05, 0) is 114 Å². The third kappa shape index (κ3) is 4.63. The second kappa shape index (κ2) is 11.1. The standard InChI is InChI=1S/C45H58N2O3/c1-40(2)21-23-45(39(50)47-34(38(48)49)25-28-13-9-8-10-14-28)24-22-43(6)31(32(45)27-40)17-18-36-42(5)26-30-29-15-11-12-16-33(29)46-37(30)41(3,4)35(42)19-20-44(36,43)7/h8-17,32,34-36,46H,18-27H2,1-7H3,(H,47,50)(H,48,49)/t32-,34-,35-,36+,42-,43+,44+,45-/m0/s1. The number of benzene rings is 2. The molecule has 3 N–H and O–H groups in total. The molecule has 0 radical (unpaired) electrons. The van der Waals surface area contributed by atoms with Crippen LogP contribution in [0.15, 0.2) is 66.2 Å². The predicted octanol–water partition coefficient (Wildman–Crippen LogP) is 9.80. The zero-order valence-corrected chi connectivity index (χ0v) is 31.4. The van der Waals surface area contributed by atoms with Gasteiger partial charge in [-0.1, -0.05) is 109 Å². The molecule has 1 aromatic heterocycles. The van der Waals surface area contributed by atoms with Crippen molar-refractivity contribution in [2.24, 2.45) is 44.8 Å². The van der Waals surface area contributed by atoms with Gasteiger partial charge in [0.1, 0.15) is 6.04 Å². The van der Waals surface area contributed by atoms with E-state index in [2.05, 4.69) is 89.1 Å². The van der Waals surface area contributed by atoms with E-state index in [1.54, 1.807) is 0 Å². The highest BCUT2D eigenvalue weighted by atomic mass is 16.4. The number of carbonyl (C=O) groups excluding carboxylic acids is 1. The minimum atomic E-state index is -0.960. The van der Waals surface area contributed by atoms with Crippen LogP contribution in [0.25, 0.3) is 10.9 Å². The summed E-state index contributed by atoms with van der Waals surface area (Å²) in [6.07, 6.45) is 12.1. The summed E-state index contributed by atoms with van der Waals surface area (Å²) >= 11 is 0. The Kier molecular flexibility index (Phi) is 7.49. The lowest BCUT2D eigenvalue weighted by Crippen LogP contribution is -2.65. The Hall–Kier alpha value is -3.34. The number of hydrogen-bond donors (Lipinski definition) is 3. The Morgan fingerprint density at radius 2 is 1.58 bits per heavy atom. The van der Waals surface area contributed by atoms with Gasteiger partial charge in [0, 0.05) is 28.4 Å². The number of carboxylic acid groups (broad SMARTS) is 1. The van der Waals surface area contributed by atoms with Crippen LogP contribution in [0.3, 0.4) is 0 Å². The van der Waals surface area contributed by atoms with Crippen molar-refractivity contribution in [2.45, 2.75) is 124 Å². The van der Waals surface area contributed by atoms with E-state index >= 15 is 0 Å². The normalized spacial score (nSPS) is 37.2. The maximum Gasteiger partial charge on any atom is 0.326 e. The first kappa shape index (κ1) is 33.8. The number of rotatable bonds is 5. The molecule has 3 aromatic rings. The molecule has 1 heterocycles. The van der Waals surface area contributed by atoms with Crippen LogP contribution in [0.4, 0.5) is 0 Å². The van der Waals surface area contributed by atoms with E-state index < -0.39 is 17.4 Å². The fourth-order valence-corrected chi connectivity index (χ4v) is 13.3. The predicted molar refractivity (Wildman–Crippen MR) is 201 cm³/mol. The zero-order chi connectivity index (χ0) is 35.5. The maximum atomic E-state index is 14.7. The molecule has 3 saturated carbocycles. The Morgan fingerprint density at radius 3 is 2.32 bits per heavy atom. The number of aliphatic carboxylic acids is 1. The molecule has 0 saturated heterocycles. The summed E-state index contributed by atoms with van der Waals surface area (Å²) in [7, 11) is 0. The zero-order valence-electron chi connectivity index (χ0n) is 31.4. The number of hydrogen-bond acceptors (Lipinski definition) is 2. The maximum absolute atomic E-state index is 14.7. The number of H-pyrrole nitrogens is 1. The first-order chi connectivity index (χ1) is 23.6. The average molecular weight is 675 g/mol. The van der Waals surface area contributed by atoms with Gasteiger partial charge in [-0.2, -0.15) is 0 Å². The fourth-order valence-electron chi connectivity index (χ4n) is 13.3. The molecule has 266 valence electrons. The van der Waals surface area contributed by atoms with Crippen LogP contribution in [0.2, 0.25) is 0 Å². The van der Waals surface area contributed by atoms with Gasteiger partial charge in [-0.25, -0.2) is 4.79 Å².